The van der Waals surface area contributed by atoms with Gasteiger partial charge in [-0.1, -0.05) is 12.1 Å². The number of alkyl halides is 3. The second kappa shape index (κ2) is 6.15. The van der Waals surface area contributed by atoms with Crippen LogP contribution in [0.1, 0.15) is 31.9 Å². The van der Waals surface area contributed by atoms with Crippen molar-refractivity contribution in [2.75, 3.05) is 5.32 Å². The maximum absolute atomic E-state index is 12.8. The van der Waals surface area contributed by atoms with E-state index in [9.17, 15) is 18.0 Å². The maximum Gasteiger partial charge on any atom is 0.416 e. The van der Waals surface area contributed by atoms with Crippen LogP contribution in [0.2, 0.25) is 0 Å². The number of benzene rings is 1. The molecule has 0 saturated carbocycles. The average molecular weight is 365 g/mol. The Balaban J connectivity index is 1.89. The summed E-state index contributed by atoms with van der Waals surface area (Å²) in [6, 6.07) is 4.98. The Bertz CT molecular complexity index is 998. The molecule has 0 spiro atoms. The molecular weight excluding hydrogens is 347 g/mol. The number of aromatic nitrogens is 4. The monoisotopic (exact) mass is 365 g/mol. The molecular formula is C17H18F3N5O. The molecule has 0 amide bonds. The van der Waals surface area contributed by atoms with Crippen LogP contribution in [0.4, 0.5) is 19.1 Å². The summed E-state index contributed by atoms with van der Waals surface area (Å²) >= 11 is 0. The summed E-state index contributed by atoms with van der Waals surface area (Å²) in [6.07, 6.45) is -2.95. The predicted octanol–water partition coefficient (Wildman–Crippen LogP) is 3.51. The van der Waals surface area contributed by atoms with Crippen molar-refractivity contribution in [3.63, 3.8) is 0 Å². The number of fused-ring (bicyclic) bond motifs is 1. The Kier molecular flexibility index (Phi) is 4.25. The van der Waals surface area contributed by atoms with E-state index < -0.39 is 11.7 Å². The van der Waals surface area contributed by atoms with Gasteiger partial charge in [-0.25, -0.2) is 4.68 Å². The van der Waals surface area contributed by atoms with Gasteiger partial charge in [0, 0.05) is 6.54 Å². The van der Waals surface area contributed by atoms with Gasteiger partial charge in [0.25, 0.3) is 5.56 Å². The van der Waals surface area contributed by atoms with Crippen LogP contribution in [-0.2, 0) is 18.3 Å². The zero-order valence-corrected chi connectivity index (χ0v) is 14.5. The Morgan fingerprint density at radius 1 is 1.23 bits per heavy atom. The van der Waals surface area contributed by atoms with Gasteiger partial charge >= 0.3 is 6.18 Å². The number of hydrogen-bond donors (Lipinski definition) is 2. The van der Waals surface area contributed by atoms with Crippen LogP contribution < -0.4 is 10.9 Å². The molecule has 0 atom stereocenters. The lowest BCUT2D eigenvalue weighted by atomic mass is 10.1. The minimum absolute atomic E-state index is 0.0853. The standard InChI is InChI=1S/C17H18F3N5O/c1-16(2,3)25-13-12(9-22-25)14(26)24-15(23-13)21-8-10-5-4-6-11(7-10)17(18,19)20/h4-7,9H,8H2,1-3H3,(H2,21,23,24,26). The summed E-state index contributed by atoms with van der Waals surface area (Å²) in [4.78, 5) is 19.1. The summed E-state index contributed by atoms with van der Waals surface area (Å²) in [5, 5.41) is 7.42. The Hall–Kier alpha value is -2.84. The Labute approximate surface area is 147 Å². The molecule has 26 heavy (non-hydrogen) atoms. The molecule has 0 bridgehead atoms. The highest BCUT2D eigenvalue weighted by molar-refractivity contribution is 5.74. The van der Waals surface area contributed by atoms with Gasteiger partial charge < -0.3 is 5.32 Å². The van der Waals surface area contributed by atoms with Crippen molar-refractivity contribution in [3.05, 3.63) is 51.9 Å². The number of aromatic amines is 1. The molecule has 0 aliphatic rings. The molecule has 0 saturated heterocycles. The van der Waals surface area contributed by atoms with E-state index in [0.717, 1.165) is 12.1 Å². The Morgan fingerprint density at radius 3 is 2.62 bits per heavy atom. The van der Waals surface area contributed by atoms with Crippen molar-refractivity contribution < 1.29 is 13.2 Å². The zero-order chi connectivity index (χ0) is 19.1. The quantitative estimate of drug-likeness (QED) is 0.745. The van der Waals surface area contributed by atoms with Crippen LogP contribution in [0, 0.1) is 0 Å². The lowest BCUT2D eigenvalue weighted by Gasteiger charge is -2.19. The highest BCUT2D eigenvalue weighted by Crippen LogP contribution is 2.29. The minimum atomic E-state index is -4.40. The number of halogens is 3. The third-order valence-corrected chi connectivity index (χ3v) is 3.79. The molecule has 138 valence electrons. The van der Waals surface area contributed by atoms with Crippen molar-refractivity contribution in [2.24, 2.45) is 0 Å². The van der Waals surface area contributed by atoms with Crippen molar-refractivity contribution in [2.45, 2.75) is 39.0 Å². The van der Waals surface area contributed by atoms with Gasteiger partial charge in [0.1, 0.15) is 5.39 Å². The van der Waals surface area contributed by atoms with Gasteiger partial charge in [-0.05, 0) is 38.5 Å². The zero-order valence-electron chi connectivity index (χ0n) is 14.5. The molecule has 2 heterocycles. The van der Waals surface area contributed by atoms with Crippen molar-refractivity contribution in [1.29, 1.82) is 0 Å². The fourth-order valence-corrected chi connectivity index (χ4v) is 2.54. The van der Waals surface area contributed by atoms with Crippen molar-refractivity contribution in [1.82, 2.24) is 19.7 Å². The maximum atomic E-state index is 12.8. The summed E-state index contributed by atoms with van der Waals surface area (Å²) in [5.41, 5.74) is -0.628. The normalized spacial score (nSPS) is 12.5. The molecule has 2 N–H and O–H groups in total. The summed E-state index contributed by atoms with van der Waals surface area (Å²) in [6.45, 7) is 5.87. The van der Waals surface area contributed by atoms with Crippen LogP contribution >= 0.6 is 0 Å². The van der Waals surface area contributed by atoms with Crippen molar-refractivity contribution >= 4 is 17.0 Å². The fourth-order valence-electron chi connectivity index (χ4n) is 2.54. The van der Waals surface area contributed by atoms with Gasteiger partial charge in [0.2, 0.25) is 5.95 Å². The van der Waals surface area contributed by atoms with Crippen LogP contribution in [0.3, 0.4) is 0 Å². The van der Waals surface area contributed by atoms with Crippen molar-refractivity contribution in [3.8, 4) is 0 Å². The van der Waals surface area contributed by atoms with E-state index in [1.54, 1.807) is 10.7 Å². The molecule has 0 fully saturated rings. The van der Waals surface area contributed by atoms with Gasteiger partial charge in [-0.3, -0.25) is 9.78 Å². The van der Waals surface area contributed by atoms with E-state index in [2.05, 4.69) is 20.4 Å². The van der Waals surface area contributed by atoms with E-state index in [1.807, 2.05) is 20.8 Å². The summed E-state index contributed by atoms with van der Waals surface area (Å²) < 4.78 is 40.0. The first-order valence-corrected chi connectivity index (χ1v) is 7.94. The summed E-state index contributed by atoms with van der Waals surface area (Å²) in [5.74, 6) is 0.172. The van der Waals surface area contributed by atoms with E-state index in [-0.39, 0.29) is 23.6 Å². The largest absolute Gasteiger partial charge is 0.416 e. The molecule has 1 aromatic carbocycles. The number of anilines is 1. The second-order valence-electron chi connectivity index (χ2n) is 6.93. The van der Waals surface area contributed by atoms with Gasteiger partial charge in [-0.15, -0.1) is 0 Å². The topological polar surface area (TPSA) is 75.6 Å². The summed E-state index contributed by atoms with van der Waals surface area (Å²) in [7, 11) is 0. The molecule has 3 rings (SSSR count). The Morgan fingerprint density at radius 2 is 1.96 bits per heavy atom. The lowest BCUT2D eigenvalue weighted by molar-refractivity contribution is -0.137. The second-order valence-corrected chi connectivity index (χ2v) is 6.93. The smallest absolute Gasteiger partial charge is 0.352 e. The van der Waals surface area contributed by atoms with Crippen LogP contribution in [-0.4, -0.2) is 19.7 Å². The molecule has 9 heteroatoms. The van der Waals surface area contributed by atoms with Gasteiger partial charge in [0.05, 0.1) is 17.3 Å². The van der Waals surface area contributed by atoms with E-state index >= 15 is 0 Å². The van der Waals surface area contributed by atoms with E-state index in [0.29, 0.717) is 16.6 Å². The first-order valence-electron chi connectivity index (χ1n) is 7.94. The number of hydrogen-bond acceptors (Lipinski definition) is 4. The van der Waals surface area contributed by atoms with Crippen LogP contribution in [0.25, 0.3) is 11.0 Å². The minimum Gasteiger partial charge on any atom is -0.352 e. The molecule has 0 radical (unpaired) electrons. The average Bonchev–Trinajstić information content (AvgIpc) is 2.97. The third kappa shape index (κ3) is 3.56. The lowest BCUT2D eigenvalue weighted by Crippen LogP contribution is -2.24. The number of H-pyrrole nitrogens is 1. The van der Waals surface area contributed by atoms with Crippen LogP contribution in [0.5, 0.6) is 0 Å². The highest BCUT2D eigenvalue weighted by Gasteiger charge is 2.30. The highest BCUT2D eigenvalue weighted by atomic mass is 19.4. The third-order valence-electron chi connectivity index (χ3n) is 3.79. The molecule has 2 aromatic heterocycles. The molecule has 0 unspecified atom stereocenters. The SMILES string of the molecule is CC(C)(C)n1ncc2c(=O)[nH]c(NCc3cccc(C(F)(F)F)c3)nc21. The molecule has 6 nitrogen and oxygen atoms in total. The first-order chi connectivity index (χ1) is 12.1. The van der Waals surface area contributed by atoms with E-state index in [4.69, 9.17) is 0 Å². The molecule has 0 aliphatic carbocycles. The van der Waals surface area contributed by atoms with Crippen LogP contribution in [0.15, 0.2) is 35.3 Å². The van der Waals surface area contributed by atoms with E-state index in [1.165, 1.54) is 12.3 Å². The fraction of sp³-hybridized carbons (Fsp3) is 0.353. The number of nitrogens with zero attached hydrogens (tertiary/aromatic N) is 3. The van der Waals surface area contributed by atoms with Gasteiger partial charge in [0.15, 0.2) is 5.65 Å². The number of nitrogens with one attached hydrogen (secondary N) is 2. The molecule has 3 aromatic rings. The predicted molar refractivity (Wildman–Crippen MR) is 91.9 cm³/mol. The number of rotatable bonds is 3. The first kappa shape index (κ1) is 18.0. The molecule has 0 aliphatic heterocycles. The van der Waals surface area contributed by atoms with Gasteiger partial charge in [-0.2, -0.15) is 23.3 Å².